The minimum Gasteiger partial charge on any atom is -0.434 e. The lowest BCUT2D eigenvalue weighted by Crippen LogP contribution is -2.32. The number of carbonyl (C=O) groups excluding carboxylic acids is 1. The smallest absolute Gasteiger partial charge is 0.434 e. The Balaban J connectivity index is 1.74. The van der Waals surface area contributed by atoms with Crippen molar-refractivity contribution in [2.24, 2.45) is 0 Å². The van der Waals surface area contributed by atoms with Crippen LogP contribution in [0.4, 0.5) is 4.79 Å². The summed E-state index contributed by atoms with van der Waals surface area (Å²) in [6.45, 7) is 4.14. The van der Waals surface area contributed by atoms with Gasteiger partial charge in [0.2, 0.25) is 0 Å². The molecule has 0 bridgehead atoms. The Morgan fingerprint density at radius 1 is 0.600 bits per heavy atom. The maximum Gasteiger partial charge on any atom is 0.508 e. The van der Waals surface area contributed by atoms with Gasteiger partial charge in [0.05, 0.1) is 13.2 Å². The minimum atomic E-state index is -0.517. The molecule has 0 saturated heterocycles. The van der Waals surface area contributed by atoms with Crippen LogP contribution in [0.3, 0.4) is 0 Å². The molecule has 172 valence electrons. The highest BCUT2D eigenvalue weighted by Gasteiger charge is 2.04. The van der Waals surface area contributed by atoms with Crippen LogP contribution in [0.2, 0.25) is 0 Å². The van der Waals surface area contributed by atoms with Crippen LogP contribution in [0.5, 0.6) is 0 Å². The number of aryl methyl sites for hydroxylation is 1. The van der Waals surface area contributed by atoms with Gasteiger partial charge in [-0.2, -0.15) is 0 Å². The molecule has 0 N–H and O–H groups in total. The van der Waals surface area contributed by atoms with E-state index in [1.165, 1.54) is 77.0 Å². The quantitative estimate of drug-likeness (QED) is 0.125. The zero-order valence-corrected chi connectivity index (χ0v) is 19.5. The molecule has 4 heteroatoms. The molecule has 0 aliphatic heterocycles. The largest absolute Gasteiger partial charge is 0.508 e. The van der Waals surface area contributed by atoms with E-state index in [1.54, 1.807) is 0 Å². The lowest BCUT2D eigenvalue weighted by Gasteiger charge is -2.06. The highest BCUT2D eigenvalue weighted by molar-refractivity contribution is 5.59. The molecule has 0 fully saturated rings. The summed E-state index contributed by atoms with van der Waals surface area (Å²) in [6.07, 6.45) is 24.0. The molecule has 1 aromatic rings. The first-order valence-corrected chi connectivity index (χ1v) is 12.6. The van der Waals surface area contributed by atoms with Gasteiger partial charge in [0.15, 0.2) is 12.4 Å². The van der Waals surface area contributed by atoms with E-state index in [4.69, 9.17) is 9.47 Å². The summed E-state index contributed by atoms with van der Waals surface area (Å²) in [5.41, 5.74) is 0. The first kappa shape index (κ1) is 26.5. The Hall–Kier alpha value is -1.58. The predicted molar refractivity (Wildman–Crippen MR) is 123 cm³/mol. The Kier molecular flexibility index (Phi) is 18.2. The summed E-state index contributed by atoms with van der Waals surface area (Å²) in [7, 11) is 0. The number of aromatic nitrogens is 1. The summed E-state index contributed by atoms with van der Waals surface area (Å²) in [5, 5.41) is 0. The summed E-state index contributed by atoms with van der Waals surface area (Å²) in [4.78, 5) is 11.6. The lowest BCUT2D eigenvalue weighted by molar-refractivity contribution is -0.697. The monoisotopic (exact) mass is 420 g/mol. The van der Waals surface area contributed by atoms with Crippen molar-refractivity contribution < 1.29 is 18.8 Å². The van der Waals surface area contributed by atoms with E-state index in [0.29, 0.717) is 13.2 Å². The number of nitrogens with zero attached hydrogens (tertiary/aromatic N) is 1. The van der Waals surface area contributed by atoms with Crippen molar-refractivity contribution in [3.63, 3.8) is 0 Å². The molecule has 0 aliphatic carbocycles. The van der Waals surface area contributed by atoms with Gasteiger partial charge in [-0.05, 0) is 12.8 Å². The van der Waals surface area contributed by atoms with Gasteiger partial charge in [-0.1, -0.05) is 96.5 Å². The topological polar surface area (TPSA) is 39.4 Å². The van der Waals surface area contributed by atoms with Crippen molar-refractivity contribution in [2.45, 2.75) is 116 Å². The lowest BCUT2D eigenvalue weighted by atomic mass is 10.0. The molecule has 0 spiro atoms. The second-order valence-corrected chi connectivity index (χ2v) is 8.36. The maximum absolute atomic E-state index is 11.6. The van der Waals surface area contributed by atoms with Crippen LogP contribution in [0.1, 0.15) is 110 Å². The van der Waals surface area contributed by atoms with Gasteiger partial charge >= 0.3 is 6.16 Å². The van der Waals surface area contributed by atoms with Crippen molar-refractivity contribution in [2.75, 3.05) is 13.2 Å². The second kappa shape index (κ2) is 20.7. The summed E-state index contributed by atoms with van der Waals surface area (Å²) in [6, 6.07) is 6.05. The molecule has 0 atom stereocenters. The molecule has 1 heterocycles. The fraction of sp³-hybridized carbons (Fsp3) is 0.769. The van der Waals surface area contributed by atoms with E-state index in [2.05, 4.69) is 11.5 Å². The average molecular weight is 421 g/mol. The normalized spacial score (nSPS) is 10.8. The molecule has 0 aromatic carbocycles. The van der Waals surface area contributed by atoms with Crippen molar-refractivity contribution in [3.05, 3.63) is 30.6 Å². The molecule has 0 aliphatic rings. The van der Waals surface area contributed by atoms with Gasteiger partial charge in [-0.3, -0.25) is 0 Å². The van der Waals surface area contributed by atoms with Crippen LogP contribution in [-0.2, 0) is 16.0 Å². The van der Waals surface area contributed by atoms with E-state index >= 15 is 0 Å². The Morgan fingerprint density at radius 2 is 1.03 bits per heavy atom. The third kappa shape index (κ3) is 17.3. The van der Waals surface area contributed by atoms with Crippen molar-refractivity contribution in [3.8, 4) is 0 Å². The van der Waals surface area contributed by atoms with Gasteiger partial charge in [0, 0.05) is 18.6 Å². The summed E-state index contributed by atoms with van der Waals surface area (Å²) < 4.78 is 12.4. The number of pyridine rings is 1. The number of rotatable bonds is 20. The third-order valence-electron chi connectivity index (χ3n) is 5.53. The highest BCUT2D eigenvalue weighted by Crippen LogP contribution is 2.13. The SMILES string of the molecule is CCCCCCCCCCCCCCCCOC(=O)OCCCC[n+]1ccccc1. The van der Waals surface area contributed by atoms with E-state index < -0.39 is 6.16 Å². The Morgan fingerprint density at radius 3 is 1.53 bits per heavy atom. The van der Waals surface area contributed by atoms with Crippen LogP contribution in [0.25, 0.3) is 0 Å². The Bertz CT molecular complexity index is 492. The van der Waals surface area contributed by atoms with Gasteiger partial charge in [-0.15, -0.1) is 0 Å². The van der Waals surface area contributed by atoms with Gasteiger partial charge in [0.1, 0.15) is 6.54 Å². The molecule has 4 nitrogen and oxygen atoms in total. The molecule has 0 amide bonds. The van der Waals surface area contributed by atoms with Crippen molar-refractivity contribution >= 4 is 6.16 Å². The zero-order valence-electron chi connectivity index (χ0n) is 19.5. The molecule has 1 aromatic heterocycles. The predicted octanol–water partition coefficient (Wildman–Crippen LogP) is 7.39. The fourth-order valence-electron chi connectivity index (χ4n) is 3.63. The highest BCUT2D eigenvalue weighted by atomic mass is 16.7. The molecule has 1 rings (SSSR count). The molecule has 0 unspecified atom stereocenters. The second-order valence-electron chi connectivity index (χ2n) is 8.36. The van der Waals surface area contributed by atoms with Crippen molar-refractivity contribution in [1.82, 2.24) is 0 Å². The maximum atomic E-state index is 11.6. The van der Waals surface area contributed by atoms with Crippen LogP contribution in [0.15, 0.2) is 30.6 Å². The van der Waals surface area contributed by atoms with E-state index in [0.717, 1.165) is 32.2 Å². The van der Waals surface area contributed by atoms with Gasteiger partial charge in [-0.25, -0.2) is 9.36 Å². The van der Waals surface area contributed by atoms with Crippen molar-refractivity contribution in [1.29, 1.82) is 0 Å². The van der Waals surface area contributed by atoms with Gasteiger partial charge < -0.3 is 9.47 Å². The van der Waals surface area contributed by atoms with E-state index in [9.17, 15) is 4.79 Å². The van der Waals surface area contributed by atoms with Crippen LogP contribution >= 0.6 is 0 Å². The summed E-state index contributed by atoms with van der Waals surface area (Å²) >= 11 is 0. The van der Waals surface area contributed by atoms with Crippen LogP contribution < -0.4 is 4.57 Å². The fourth-order valence-corrected chi connectivity index (χ4v) is 3.63. The number of ether oxygens (including phenoxy) is 2. The average Bonchev–Trinajstić information content (AvgIpc) is 2.77. The third-order valence-corrected chi connectivity index (χ3v) is 5.53. The summed E-state index contributed by atoms with van der Waals surface area (Å²) in [5.74, 6) is 0. The number of hydrogen-bond acceptors (Lipinski definition) is 3. The van der Waals surface area contributed by atoms with Crippen LogP contribution in [0, 0.1) is 0 Å². The zero-order chi connectivity index (χ0) is 21.5. The molecule has 0 radical (unpaired) electrons. The Labute approximate surface area is 185 Å². The molecular formula is C26H46NO3+. The molecular weight excluding hydrogens is 374 g/mol. The molecule has 0 saturated carbocycles. The van der Waals surface area contributed by atoms with E-state index in [1.807, 2.05) is 30.6 Å². The first-order valence-electron chi connectivity index (χ1n) is 12.6. The van der Waals surface area contributed by atoms with Gasteiger partial charge in [0.25, 0.3) is 0 Å². The van der Waals surface area contributed by atoms with Crippen LogP contribution in [-0.4, -0.2) is 19.4 Å². The number of unbranched alkanes of at least 4 members (excludes halogenated alkanes) is 14. The van der Waals surface area contributed by atoms with E-state index in [-0.39, 0.29) is 0 Å². The number of carbonyl (C=O) groups is 1. The molecule has 30 heavy (non-hydrogen) atoms. The first-order chi connectivity index (χ1) is 14.8. The standard InChI is InChI=1S/C26H46NO3/c1-2-3-4-5-6-7-8-9-10-11-12-13-14-19-24-29-26(28)30-25-20-18-23-27-21-16-15-17-22-27/h15-17,21-22H,2-14,18-20,23-25H2,1H3/q+1. The minimum absolute atomic E-state index is 0.435. The number of hydrogen-bond donors (Lipinski definition) is 0.